The number of hydrogen-bond acceptors (Lipinski definition) is 4. The number of imidazole rings is 1. The highest BCUT2D eigenvalue weighted by Crippen LogP contribution is 2.34. The van der Waals surface area contributed by atoms with Crippen molar-refractivity contribution in [2.75, 3.05) is 0 Å². The molecule has 0 atom stereocenters. The summed E-state index contributed by atoms with van der Waals surface area (Å²) in [5, 5.41) is 4.28. The number of rotatable bonds is 4. The zero-order valence-electron chi connectivity index (χ0n) is 16.1. The van der Waals surface area contributed by atoms with Crippen molar-refractivity contribution in [3.8, 4) is 11.3 Å². The number of hydrogen-bond donors (Lipinski definition) is 1. The van der Waals surface area contributed by atoms with E-state index in [1.807, 2.05) is 30.3 Å². The molecule has 1 aliphatic rings. The molecular formula is C23H19BrN4OS. The van der Waals surface area contributed by atoms with Crippen molar-refractivity contribution < 1.29 is 4.79 Å². The second kappa shape index (κ2) is 8.16. The van der Waals surface area contributed by atoms with Crippen LogP contribution in [-0.2, 0) is 12.8 Å². The number of aryl methyl sites for hydroxylation is 2. The molecule has 2 heterocycles. The number of fused-ring (bicyclic) bond motifs is 3. The van der Waals surface area contributed by atoms with Crippen LogP contribution in [0.1, 0.15) is 39.5 Å². The highest BCUT2D eigenvalue weighted by Gasteiger charge is 2.22. The summed E-state index contributed by atoms with van der Waals surface area (Å²) in [7, 11) is 0. The first kappa shape index (κ1) is 19.2. The van der Waals surface area contributed by atoms with Gasteiger partial charge in [0.2, 0.25) is 0 Å². The smallest absolute Gasteiger partial charge is 0.271 e. The molecule has 0 saturated heterocycles. The maximum atomic E-state index is 12.4. The summed E-state index contributed by atoms with van der Waals surface area (Å²) in [6.07, 6.45) is 6.30. The van der Waals surface area contributed by atoms with E-state index in [9.17, 15) is 4.79 Å². The van der Waals surface area contributed by atoms with Gasteiger partial charge in [0.05, 0.1) is 17.6 Å². The molecule has 2 aromatic carbocycles. The lowest BCUT2D eigenvalue weighted by Gasteiger charge is -2.11. The highest BCUT2D eigenvalue weighted by molar-refractivity contribution is 9.10. The molecule has 0 unspecified atom stereocenters. The molecule has 0 bridgehead atoms. The van der Waals surface area contributed by atoms with Gasteiger partial charge >= 0.3 is 0 Å². The number of carbonyl (C=O) groups is 1. The van der Waals surface area contributed by atoms with Crippen molar-refractivity contribution in [3.05, 3.63) is 80.9 Å². The molecule has 2 aromatic heterocycles. The van der Waals surface area contributed by atoms with Crippen molar-refractivity contribution in [2.45, 2.75) is 25.7 Å². The molecule has 30 heavy (non-hydrogen) atoms. The molecule has 1 aliphatic carbocycles. The van der Waals surface area contributed by atoms with Crippen LogP contribution in [0.4, 0.5) is 0 Å². The minimum atomic E-state index is -0.242. The molecule has 5 nitrogen and oxygen atoms in total. The Bertz CT molecular complexity index is 1240. The van der Waals surface area contributed by atoms with Gasteiger partial charge in [-0.2, -0.15) is 5.10 Å². The topological polar surface area (TPSA) is 58.8 Å². The third-order valence-corrected chi connectivity index (χ3v) is 6.93. The van der Waals surface area contributed by atoms with Gasteiger partial charge in [-0.3, -0.25) is 9.20 Å². The number of amides is 1. The molecule has 1 N–H and O–H groups in total. The molecular weight excluding hydrogens is 460 g/mol. The molecule has 0 fully saturated rings. The Labute approximate surface area is 186 Å². The number of nitrogens with zero attached hydrogens (tertiary/aromatic N) is 3. The van der Waals surface area contributed by atoms with Gasteiger partial charge in [0.1, 0.15) is 0 Å². The van der Waals surface area contributed by atoms with E-state index >= 15 is 0 Å². The van der Waals surface area contributed by atoms with E-state index < -0.39 is 0 Å². The van der Waals surface area contributed by atoms with E-state index in [0.717, 1.165) is 39.2 Å². The van der Waals surface area contributed by atoms with E-state index in [1.165, 1.54) is 23.4 Å². The molecule has 0 spiro atoms. The quantitative estimate of drug-likeness (QED) is 0.312. The molecule has 0 saturated carbocycles. The second-order valence-electron chi connectivity index (χ2n) is 7.21. The lowest BCUT2D eigenvalue weighted by atomic mass is 10.0. The fourth-order valence-corrected chi connectivity index (χ4v) is 5.28. The van der Waals surface area contributed by atoms with Crippen LogP contribution < -0.4 is 5.43 Å². The number of hydrazone groups is 1. The average molecular weight is 479 g/mol. The van der Waals surface area contributed by atoms with Gasteiger partial charge < -0.3 is 0 Å². The Balaban J connectivity index is 1.52. The number of aromatic nitrogens is 2. The average Bonchev–Trinajstić information content (AvgIpc) is 3.31. The molecule has 0 aliphatic heterocycles. The molecule has 1 amide bonds. The van der Waals surface area contributed by atoms with Gasteiger partial charge in [-0.1, -0.05) is 46.3 Å². The van der Waals surface area contributed by atoms with Gasteiger partial charge in [0.15, 0.2) is 4.96 Å². The van der Waals surface area contributed by atoms with Crippen LogP contribution in [0.25, 0.3) is 16.2 Å². The molecule has 5 rings (SSSR count). The number of carbonyl (C=O) groups excluding carboxylic acids is 1. The van der Waals surface area contributed by atoms with Gasteiger partial charge in [0, 0.05) is 26.2 Å². The second-order valence-corrected chi connectivity index (χ2v) is 9.19. The monoisotopic (exact) mass is 478 g/mol. The van der Waals surface area contributed by atoms with Gasteiger partial charge in [-0.15, -0.1) is 11.3 Å². The number of nitrogens with one attached hydrogen (secondary N) is 1. The maximum absolute atomic E-state index is 12.4. The maximum Gasteiger partial charge on any atom is 0.271 e. The Morgan fingerprint density at radius 1 is 1.10 bits per heavy atom. The first-order chi connectivity index (χ1) is 14.7. The summed E-state index contributed by atoms with van der Waals surface area (Å²) in [5.74, 6) is -0.242. The van der Waals surface area contributed by atoms with Crippen LogP contribution in [0.15, 0.2) is 64.2 Å². The minimum absolute atomic E-state index is 0.242. The summed E-state index contributed by atoms with van der Waals surface area (Å²) >= 11 is 5.15. The largest absolute Gasteiger partial charge is 0.285 e. The van der Waals surface area contributed by atoms with Gasteiger partial charge in [0.25, 0.3) is 5.91 Å². The molecule has 0 radical (unpaired) electrons. The normalized spacial score (nSPS) is 13.6. The van der Waals surface area contributed by atoms with Crippen LogP contribution in [-0.4, -0.2) is 21.5 Å². The Kier molecular flexibility index (Phi) is 5.23. The standard InChI is InChI=1S/C23H19BrN4OS/c24-17-12-10-16(11-13-17)22(29)27-25-14-19-21(15-6-2-1-3-7-15)26-23-28(19)18-8-4-5-9-20(18)30-23/h1-3,6-7,10-14H,4-5,8-9H2,(H,27,29)/b25-14+. The van der Waals surface area contributed by atoms with Crippen LogP contribution in [0.3, 0.4) is 0 Å². The predicted octanol–water partition coefficient (Wildman–Crippen LogP) is 5.47. The highest BCUT2D eigenvalue weighted by atomic mass is 79.9. The summed E-state index contributed by atoms with van der Waals surface area (Å²) < 4.78 is 3.15. The van der Waals surface area contributed by atoms with E-state index in [-0.39, 0.29) is 5.91 Å². The Morgan fingerprint density at radius 3 is 2.67 bits per heavy atom. The SMILES string of the molecule is O=C(N/N=C/c1c(-c2ccccc2)nc2sc3c(n12)CCCC3)c1ccc(Br)cc1. The van der Waals surface area contributed by atoms with Gasteiger partial charge in [-0.05, 0) is 49.9 Å². The number of thiazole rings is 1. The number of halogens is 1. The number of benzene rings is 2. The van der Waals surface area contributed by atoms with Crippen LogP contribution in [0, 0.1) is 0 Å². The lowest BCUT2D eigenvalue weighted by Crippen LogP contribution is -2.17. The first-order valence-corrected chi connectivity index (χ1v) is 11.5. The van der Waals surface area contributed by atoms with E-state index in [0.29, 0.717) is 5.56 Å². The summed E-state index contributed by atoms with van der Waals surface area (Å²) in [6, 6.07) is 17.3. The van der Waals surface area contributed by atoms with Crippen molar-refractivity contribution >= 4 is 44.3 Å². The molecule has 150 valence electrons. The third-order valence-electron chi connectivity index (χ3n) is 5.26. The van der Waals surface area contributed by atoms with Crippen LogP contribution in [0.2, 0.25) is 0 Å². The van der Waals surface area contributed by atoms with Crippen molar-refractivity contribution in [2.24, 2.45) is 5.10 Å². The fraction of sp³-hybridized carbons (Fsp3) is 0.174. The molecule has 4 aromatic rings. The van der Waals surface area contributed by atoms with E-state index in [2.05, 4.69) is 43.0 Å². The van der Waals surface area contributed by atoms with Crippen LogP contribution in [0.5, 0.6) is 0 Å². The zero-order chi connectivity index (χ0) is 20.5. The first-order valence-electron chi connectivity index (χ1n) is 9.88. The van der Waals surface area contributed by atoms with Crippen molar-refractivity contribution in [1.82, 2.24) is 14.8 Å². The van der Waals surface area contributed by atoms with E-state index in [4.69, 9.17) is 4.98 Å². The van der Waals surface area contributed by atoms with Crippen molar-refractivity contribution in [1.29, 1.82) is 0 Å². The van der Waals surface area contributed by atoms with Gasteiger partial charge in [-0.25, -0.2) is 10.4 Å². The van der Waals surface area contributed by atoms with Crippen molar-refractivity contribution in [3.63, 3.8) is 0 Å². The lowest BCUT2D eigenvalue weighted by molar-refractivity contribution is 0.0955. The fourth-order valence-electron chi connectivity index (χ4n) is 3.80. The zero-order valence-corrected chi connectivity index (χ0v) is 18.5. The third kappa shape index (κ3) is 3.59. The van der Waals surface area contributed by atoms with Crippen LogP contribution >= 0.6 is 27.3 Å². The Morgan fingerprint density at radius 2 is 1.87 bits per heavy atom. The summed E-state index contributed by atoms with van der Waals surface area (Å²) in [5.41, 5.74) is 7.38. The summed E-state index contributed by atoms with van der Waals surface area (Å²) in [6.45, 7) is 0. The van der Waals surface area contributed by atoms with E-state index in [1.54, 1.807) is 29.7 Å². The minimum Gasteiger partial charge on any atom is -0.285 e. The molecule has 7 heteroatoms. The Hall–Kier alpha value is -2.77. The predicted molar refractivity (Wildman–Crippen MR) is 124 cm³/mol. The summed E-state index contributed by atoms with van der Waals surface area (Å²) in [4.78, 5) is 19.8.